The summed E-state index contributed by atoms with van der Waals surface area (Å²) < 4.78 is 5.18. The molecule has 0 spiro atoms. The SMILES string of the molecule is CNC(=O)c1nccc(C(N)=O)c1Cc1cccc(OC)c1. The van der Waals surface area contributed by atoms with E-state index in [4.69, 9.17) is 10.5 Å². The van der Waals surface area contributed by atoms with Gasteiger partial charge >= 0.3 is 0 Å². The number of rotatable bonds is 5. The Morgan fingerprint density at radius 3 is 2.73 bits per heavy atom. The van der Waals surface area contributed by atoms with Crippen LogP contribution in [0, 0.1) is 0 Å². The van der Waals surface area contributed by atoms with E-state index in [2.05, 4.69) is 10.3 Å². The van der Waals surface area contributed by atoms with Gasteiger partial charge in [-0.15, -0.1) is 0 Å². The monoisotopic (exact) mass is 299 g/mol. The Kier molecular flexibility index (Phi) is 4.73. The number of pyridine rings is 1. The standard InChI is InChI=1S/C16H17N3O3/c1-18-16(21)14-13(12(15(17)20)6-7-19-14)9-10-4-3-5-11(8-10)22-2/h3-8H,9H2,1-2H3,(H2,17,20)(H,18,21). The van der Waals surface area contributed by atoms with Crippen molar-refractivity contribution in [1.82, 2.24) is 10.3 Å². The molecule has 1 aromatic heterocycles. The van der Waals surface area contributed by atoms with Crippen molar-refractivity contribution >= 4 is 11.8 Å². The van der Waals surface area contributed by atoms with E-state index in [0.29, 0.717) is 17.7 Å². The molecule has 1 aromatic carbocycles. The van der Waals surface area contributed by atoms with Crippen molar-refractivity contribution < 1.29 is 14.3 Å². The number of aromatic nitrogens is 1. The van der Waals surface area contributed by atoms with Crippen LogP contribution in [0.15, 0.2) is 36.5 Å². The van der Waals surface area contributed by atoms with Gasteiger partial charge in [0.1, 0.15) is 11.4 Å². The normalized spacial score (nSPS) is 10.1. The highest BCUT2D eigenvalue weighted by Gasteiger charge is 2.18. The predicted octanol–water partition coefficient (Wildman–Crippen LogP) is 1.14. The lowest BCUT2D eigenvalue weighted by Crippen LogP contribution is -2.24. The van der Waals surface area contributed by atoms with Crippen LogP contribution in [0.25, 0.3) is 0 Å². The van der Waals surface area contributed by atoms with Gasteiger partial charge in [0.25, 0.3) is 5.91 Å². The van der Waals surface area contributed by atoms with E-state index in [0.717, 1.165) is 5.56 Å². The van der Waals surface area contributed by atoms with E-state index in [1.807, 2.05) is 24.3 Å². The molecular weight excluding hydrogens is 282 g/mol. The summed E-state index contributed by atoms with van der Waals surface area (Å²) in [6.07, 6.45) is 1.76. The zero-order valence-electron chi connectivity index (χ0n) is 12.4. The number of ether oxygens (including phenoxy) is 1. The van der Waals surface area contributed by atoms with E-state index in [1.54, 1.807) is 7.11 Å². The van der Waals surface area contributed by atoms with Crippen LogP contribution in [-0.4, -0.2) is 31.0 Å². The molecule has 0 bridgehead atoms. The molecule has 0 aliphatic carbocycles. The summed E-state index contributed by atoms with van der Waals surface area (Å²) in [4.78, 5) is 27.7. The first-order valence-corrected chi connectivity index (χ1v) is 6.69. The number of carbonyl (C=O) groups excluding carboxylic acids is 2. The molecule has 2 amide bonds. The molecule has 0 fully saturated rings. The Labute approximate surface area is 128 Å². The Morgan fingerprint density at radius 1 is 1.32 bits per heavy atom. The van der Waals surface area contributed by atoms with E-state index >= 15 is 0 Å². The zero-order valence-corrected chi connectivity index (χ0v) is 12.4. The molecule has 0 saturated carbocycles. The summed E-state index contributed by atoms with van der Waals surface area (Å²) in [6, 6.07) is 8.90. The molecule has 0 saturated heterocycles. The molecule has 2 aromatic rings. The third-order valence-electron chi connectivity index (χ3n) is 3.28. The largest absolute Gasteiger partial charge is 0.497 e. The van der Waals surface area contributed by atoms with E-state index < -0.39 is 5.91 Å². The number of benzene rings is 1. The summed E-state index contributed by atoms with van der Waals surface area (Å²) in [5.41, 5.74) is 7.29. The minimum absolute atomic E-state index is 0.196. The first kappa shape index (κ1) is 15.5. The van der Waals surface area contributed by atoms with Gasteiger partial charge in [0.15, 0.2) is 0 Å². The van der Waals surface area contributed by atoms with Crippen LogP contribution >= 0.6 is 0 Å². The lowest BCUT2D eigenvalue weighted by molar-refractivity contribution is 0.0957. The molecule has 0 unspecified atom stereocenters. The fourth-order valence-electron chi connectivity index (χ4n) is 2.20. The van der Waals surface area contributed by atoms with Crippen LogP contribution in [-0.2, 0) is 6.42 Å². The topological polar surface area (TPSA) is 94.3 Å². The minimum atomic E-state index is -0.592. The van der Waals surface area contributed by atoms with Crippen LogP contribution in [0.5, 0.6) is 5.75 Å². The summed E-state index contributed by atoms with van der Waals surface area (Å²) in [6.45, 7) is 0. The second kappa shape index (κ2) is 6.71. The van der Waals surface area contributed by atoms with Gasteiger partial charge in [-0.1, -0.05) is 12.1 Å². The number of carbonyl (C=O) groups is 2. The second-order valence-electron chi connectivity index (χ2n) is 4.66. The molecule has 6 nitrogen and oxygen atoms in total. The third kappa shape index (κ3) is 3.22. The molecule has 2 rings (SSSR count). The van der Waals surface area contributed by atoms with Gasteiger partial charge in [-0.05, 0) is 23.8 Å². The van der Waals surface area contributed by atoms with Crippen molar-refractivity contribution in [3.05, 3.63) is 58.9 Å². The third-order valence-corrected chi connectivity index (χ3v) is 3.28. The van der Waals surface area contributed by atoms with Gasteiger partial charge in [0.05, 0.1) is 7.11 Å². The number of amides is 2. The van der Waals surface area contributed by atoms with Crippen LogP contribution in [0.1, 0.15) is 32.0 Å². The Bertz CT molecular complexity index is 714. The molecule has 114 valence electrons. The van der Waals surface area contributed by atoms with Crippen molar-refractivity contribution in [2.75, 3.05) is 14.2 Å². The molecule has 6 heteroatoms. The number of nitrogens with zero attached hydrogens (tertiary/aromatic N) is 1. The highest BCUT2D eigenvalue weighted by molar-refractivity contribution is 6.00. The van der Waals surface area contributed by atoms with Crippen molar-refractivity contribution in [2.24, 2.45) is 5.73 Å². The van der Waals surface area contributed by atoms with Crippen molar-refractivity contribution in [3.63, 3.8) is 0 Å². The van der Waals surface area contributed by atoms with Crippen molar-refractivity contribution in [2.45, 2.75) is 6.42 Å². The number of nitrogens with one attached hydrogen (secondary N) is 1. The molecule has 22 heavy (non-hydrogen) atoms. The molecule has 0 aliphatic rings. The Morgan fingerprint density at radius 2 is 2.09 bits per heavy atom. The molecule has 3 N–H and O–H groups in total. The average Bonchev–Trinajstić information content (AvgIpc) is 2.54. The summed E-state index contributed by atoms with van der Waals surface area (Å²) in [5.74, 6) is -0.255. The highest BCUT2D eigenvalue weighted by atomic mass is 16.5. The molecule has 0 aliphatic heterocycles. The maximum Gasteiger partial charge on any atom is 0.269 e. The summed E-state index contributed by atoms with van der Waals surface area (Å²) in [7, 11) is 3.09. The molecular formula is C16H17N3O3. The summed E-state index contributed by atoms with van der Waals surface area (Å²) >= 11 is 0. The number of methoxy groups -OCH3 is 1. The number of hydrogen-bond donors (Lipinski definition) is 2. The van der Waals surface area contributed by atoms with E-state index in [9.17, 15) is 9.59 Å². The van der Waals surface area contributed by atoms with Gasteiger partial charge in [0.2, 0.25) is 5.91 Å². The van der Waals surface area contributed by atoms with Crippen LogP contribution < -0.4 is 15.8 Å². The fraction of sp³-hybridized carbons (Fsp3) is 0.188. The van der Waals surface area contributed by atoms with E-state index in [1.165, 1.54) is 19.3 Å². The Balaban J connectivity index is 2.51. The minimum Gasteiger partial charge on any atom is -0.497 e. The van der Waals surface area contributed by atoms with Gasteiger partial charge in [-0.3, -0.25) is 14.6 Å². The van der Waals surface area contributed by atoms with Crippen molar-refractivity contribution in [3.8, 4) is 5.75 Å². The number of nitrogens with two attached hydrogens (primary N) is 1. The highest BCUT2D eigenvalue weighted by Crippen LogP contribution is 2.20. The maximum absolute atomic E-state index is 12.0. The van der Waals surface area contributed by atoms with Gasteiger partial charge in [-0.2, -0.15) is 0 Å². The van der Waals surface area contributed by atoms with Crippen LogP contribution in [0.4, 0.5) is 0 Å². The smallest absolute Gasteiger partial charge is 0.269 e. The van der Waals surface area contributed by atoms with Crippen LogP contribution in [0.3, 0.4) is 0 Å². The first-order chi connectivity index (χ1) is 10.6. The van der Waals surface area contributed by atoms with Crippen molar-refractivity contribution in [1.29, 1.82) is 0 Å². The first-order valence-electron chi connectivity index (χ1n) is 6.69. The van der Waals surface area contributed by atoms with E-state index in [-0.39, 0.29) is 17.2 Å². The number of primary amides is 1. The summed E-state index contributed by atoms with van der Waals surface area (Å²) in [5, 5.41) is 2.52. The maximum atomic E-state index is 12.0. The van der Waals surface area contributed by atoms with Gasteiger partial charge in [0, 0.05) is 30.8 Å². The predicted molar refractivity (Wildman–Crippen MR) is 81.9 cm³/mol. The van der Waals surface area contributed by atoms with Gasteiger partial charge < -0.3 is 15.8 Å². The Hall–Kier alpha value is -2.89. The second-order valence-corrected chi connectivity index (χ2v) is 4.66. The molecule has 0 radical (unpaired) electrons. The average molecular weight is 299 g/mol. The van der Waals surface area contributed by atoms with Gasteiger partial charge in [-0.25, -0.2) is 0 Å². The fourth-order valence-corrected chi connectivity index (χ4v) is 2.20. The molecule has 1 heterocycles. The van der Waals surface area contributed by atoms with Crippen LogP contribution in [0.2, 0.25) is 0 Å². The zero-order chi connectivity index (χ0) is 16.1. The quantitative estimate of drug-likeness (QED) is 0.865. The lowest BCUT2D eigenvalue weighted by atomic mass is 9.97. The number of hydrogen-bond acceptors (Lipinski definition) is 4. The lowest BCUT2D eigenvalue weighted by Gasteiger charge is -2.12. The molecule has 0 atom stereocenters.